The molecule has 1 aromatic heterocycles. The van der Waals surface area contributed by atoms with Crippen molar-refractivity contribution in [1.29, 1.82) is 0 Å². The van der Waals surface area contributed by atoms with Crippen LogP contribution in [0, 0.1) is 5.92 Å². The zero-order chi connectivity index (χ0) is 13.8. The van der Waals surface area contributed by atoms with E-state index in [1.165, 1.54) is 0 Å². The van der Waals surface area contributed by atoms with Crippen LogP contribution in [0.25, 0.3) is 5.69 Å². The lowest BCUT2D eigenvalue weighted by Crippen LogP contribution is -2.02. The van der Waals surface area contributed by atoms with E-state index in [0.29, 0.717) is 11.7 Å². The molecule has 3 nitrogen and oxygen atoms in total. The van der Waals surface area contributed by atoms with Gasteiger partial charge >= 0.3 is 0 Å². The number of aromatic nitrogens is 2. The van der Waals surface area contributed by atoms with Crippen LogP contribution in [0.3, 0.4) is 0 Å². The zero-order valence-corrected chi connectivity index (χ0v) is 11.9. The van der Waals surface area contributed by atoms with Crippen LogP contribution < -0.4 is 0 Å². The van der Waals surface area contributed by atoms with Crippen LogP contribution >= 0.6 is 0 Å². The second kappa shape index (κ2) is 5.91. The predicted molar refractivity (Wildman–Crippen MR) is 77.8 cm³/mol. The summed E-state index contributed by atoms with van der Waals surface area (Å²) in [5.41, 5.74) is 2.74. The van der Waals surface area contributed by atoms with Crippen LogP contribution in [0.1, 0.15) is 38.6 Å². The summed E-state index contributed by atoms with van der Waals surface area (Å²) in [6.45, 7) is 6.39. The van der Waals surface area contributed by atoms with Gasteiger partial charge in [0.1, 0.15) is 5.69 Å². The minimum atomic E-state index is 0.374. The smallest absolute Gasteiger partial charge is 0.160 e. The normalized spacial score (nSPS) is 11.2. The number of nitrogens with zero attached hydrogens (tertiary/aromatic N) is 2. The number of hydrogen-bond donors (Lipinski definition) is 1. The van der Waals surface area contributed by atoms with Crippen molar-refractivity contribution in [2.75, 3.05) is 0 Å². The third-order valence-electron chi connectivity index (χ3n) is 3.11. The van der Waals surface area contributed by atoms with Gasteiger partial charge in [0, 0.05) is 0 Å². The Morgan fingerprint density at radius 3 is 2.47 bits per heavy atom. The fraction of sp³-hybridized carbons (Fsp3) is 0.438. The van der Waals surface area contributed by atoms with Crippen LogP contribution in [0.5, 0.6) is 5.75 Å². The summed E-state index contributed by atoms with van der Waals surface area (Å²) < 4.78 is 1.89. The molecule has 2 rings (SSSR count). The van der Waals surface area contributed by atoms with Crippen molar-refractivity contribution in [3.05, 3.63) is 41.7 Å². The largest absolute Gasteiger partial charge is 0.504 e. The molecule has 1 heterocycles. The molecule has 0 bridgehead atoms. The van der Waals surface area contributed by atoms with Crippen molar-refractivity contribution < 1.29 is 5.11 Å². The topological polar surface area (TPSA) is 38.1 Å². The second-order valence-corrected chi connectivity index (χ2v) is 5.34. The Labute approximate surface area is 114 Å². The zero-order valence-electron chi connectivity index (χ0n) is 11.9. The second-order valence-electron chi connectivity index (χ2n) is 5.34. The van der Waals surface area contributed by atoms with Crippen molar-refractivity contribution in [3.8, 4) is 11.4 Å². The van der Waals surface area contributed by atoms with Crippen molar-refractivity contribution in [3.63, 3.8) is 0 Å². The Hall–Kier alpha value is -1.77. The molecule has 0 aliphatic carbocycles. The minimum Gasteiger partial charge on any atom is -0.504 e. The molecular formula is C16H22N2O. The highest BCUT2D eigenvalue weighted by atomic mass is 16.3. The van der Waals surface area contributed by atoms with Gasteiger partial charge in [0.15, 0.2) is 5.75 Å². The van der Waals surface area contributed by atoms with E-state index in [0.717, 1.165) is 36.3 Å². The van der Waals surface area contributed by atoms with E-state index in [1.54, 1.807) is 0 Å². The molecule has 0 aliphatic heterocycles. The lowest BCUT2D eigenvalue weighted by molar-refractivity contribution is 0.455. The van der Waals surface area contributed by atoms with Gasteiger partial charge < -0.3 is 5.11 Å². The molecule has 0 saturated heterocycles. The van der Waals surface area contributed by atoms with Gasteiger partial charge in [0.2, 0.25) is 0 Å². The van der Waals surface area contributed by atoms with Gasteiger partial charge in [0.25, 0.3) is 0 Å². The van der Waals surface area contributed by atoms with Gasteiger partial charge in [-0.15, -0.1) is 0 Å². The molecular weight excluding hydrogens is 236 g/mol. The minimum absolute atomic E-state index is 0.374. The first-order valence-electron chi connectivity index (χ1n) is 6.98. The Morgan fingerprint density at radius 2 is 1.89 bits per heavy atom. The molecule has 19 heavy (non-hydrogen) atoms. The van der Waals surface area contributed by atoms with Crippen LogP contribution in [-0.4, -0.2) is 14.9 Å². The summed E-state index contributed by atoms with van der Waals surface area (Å²) >= 11 is 0. The number of benzene rings is 1. The molecule has 2 aromatic rings. The third-order valence-corrected chi connectivity index (χ3v) is 3.11. The predicted octanol–water partition coefficient (Wildman–Crippen LogP) is 3.73. The molecule has 0 aliphatic rings. The van der Waals surface area contributed by atoms with Crippen LogP contribution in [0.15, 0.2) is 30.3 Å². The first-order valence-corrected chi connectivity index (χ1v) is 6.98. The SMILES string of the molecule is CCCc1c(O)c(CC(C)C)nn1-c1ccccc1. The van der Waals surface area contributed by atoms with E-state index in [1.807, 2.05) is 35.0 Å². The summed E-state index contributed by atoms with van der Waals surface area (Å²) in [5.74, 6) is 0.860. The molecule has 0 unspecified atom stereocenters. The number of rotatable bonds is 5. The molecule has 0 radical (unpaired) electrons. The van der Waals surface area contributed by atoms with E-state index < -0.39 is 0 Å². The highest BCUT2D eigenvalue weighted by Gasteiger charge is 2.18. The van der Waals surface area contributed by atoms with Gasteiger partial charge in [-0.3, -0.25) is 0 Å². The molecule has 0 saturated carbocycles. The Balaban J connectivity index is 2.47. The van der Waals surface area contributed by atoms with Crippen molar-refractivity contribution >= 4 is 0 Å². The first-order chi connectivity index (χ1) is 9.13. The molecule has 102 valence electrons. The van der Waals surface area contributed by atoms with E-state index in [4.69, 9.17) is 0 Å². The lowest BCUT2D eigenvalue weighted by atomic mass is 10.1. The molecule has 0 atom stereocenters. The van der Waals surface area contributed by atoms with E-state index in [2.05, 4.69) is 25.9 Å². The lowest BCUT2D eigenvalue weighted by Gasteiger charge is -2.06. The molecule has 1 aromatic carbocycles. The van der Waals surface area contributed by atoms with Gasteiger partial charge in [-0.2, -0.15) is 5.10 Å². The fourth-order valence-corrected chi connectivity index (χ4v) is 2.26. The first kappa shape index (κ1) is 13.7. The summed E-state index contributed by atoms with van der Waals surface area (Å²) in [7, 11) is 0. The highest BCUT2D eigenvalue weighted by molar-refractivity contribution is 5.41. The summed E-state index contributed by atoms with van der Waals surface area (Å²) in [6.07, 6.45) is 2.64. The maximum absolute atomic E-state index is 10.4. The summed E-state index contributed by atoms with van der Waals surface area (Å²) in [4.78, 5) is 0. The highest BCUT2D eigenvalue weighted by Crippen LogP contribution is 2.28. The summed E-state index contributed by atoms with van der Waals surface area (Å²) in [6, 6.07) is 10.0. The molecule has 1 N–H and O–H groups in total. The number of aromatic hydroxyl groups is 1. The average Bonchev–Trinajstić information content (AvgIpc) is 2.69. The molecule has 0 spiro atoms. The maximum atomic E-state index is 10.4. The quantitative estimate of drug-likeness (QED) is 0.887. The monoisotopic (exact) mass is 258 g/mol. The number of para-hydroxylation sites is 1. The van der Waals surface area contributed by atoms with E-state index in [-0.39, 0.29) is 0 Å². The maximum Gasteiger partial charge on any atom is 0.160 e. The standard InChI is InChI=1S/C16H22N2O/c1-4-8-15-16(19)14(11-12(2)3)17-18(15)13-9-6-5-7-10-13/h5-7,9-10,12,19H,4,8,11H2,1-3H3. The Kier molecular flexibility index (Phi) is 4.25. The van der Waals surface area contributed by atoms with Gasteiger partial charge in [-0.25, -0.2) is 4.68 Å². The molecule has 0 amide bonds. The van der Waals surface area contributed by atoms with E-state index in [9.17, 15) is 5.11 Å². The van der Waals surface area contributed by atoms with Crippen molar-refractivity contribution in [2.24, 2.45) is 5.92 Å². The van der Waals surface area contributed by atoms with Crippen LogP contribution in [0.4, 0.5) is 0 Å². The van der Waals surface area contributed by atoms with Gasteiger partial charge in [-0.1, -0.05) is 45.4 Å². The third kappa shape index (κ3) is 2.98. The molecule has 3 heteroatoms. The fourth-order valence-electron chi connectivity index (χ4n) is 2.26. The van der Waals surface area contributed by atoms with Crippen LogP contribution in [0.2, 0.25) is 0 Å². The van der Waals surface area contributed by atoms with Crippen molar-refractivity contribution in [2.45, 2.75) is 40.0 Å². The van der Waals surface area contributed by atoms with E-state index >= 15 is 0 Å². The Morgan fingerprint density at radius 1 is 1.21 bits per heavy atom. The summed E-state index contributed by atoms with van der Waals surface area (Å²) in [5, 5.41) is 15.0. The Bertz CT molecular complexity index is 529. The number of hydrogen-bond acceptors (Lipinski definition) is 2. The van der Waals surface area contributed by atoms with Crippen LogP contribution in [-0.2, 0) is 12.8 Å². The van der Waals surface area contributed by atoms with Gasteiger partial charge in [0.05, 0.1) is 11.4 Å². The molecule has 0 fully saturated rings. The van der Waals surface area contributed by atoms with Gasteiger partial charge in [-0.05, 0) is 30.9 Å². The average molecular weight is 258 g/mol. The van der Waals surface area contributed by atoms with Crippen molar-refractivity contribution in [1.82, 2.24) is 9.78 Å².